The highest BCUT2D eigenvalue weighted by atomic mass is 16.8. The first-order valence-corrected chi connectivity index (χ1v) is 11.7. The topological polar surface area (TPSA) is 181 Å². The molecule has 2 aliphatic heterocycles. The summed E-state index contributed by atoms with van der Waals surface area (Å²) < 4.78 is 26.8. The van der Waals surface area contributed by atoms with Crippen LogP contribution in [0.2, 0.25) is 0 Å². The number of esters is 2. The van der Waals surface area contributed by atoms with E-state index in [2.05, 4.69) is 0 Å². The van der Waals surface area contributed by atoms with Crippen LogP contribution in [0.25, 0.3) is 0 Å². The number of benzene rings is 1. The predicted octanol–water partition coefficient (Wildman–Crippen LogP) is -0.340. The fourth-order valence-electron chi connectivity index (χ4n) is 4.06. The van der Waals surface area contributed by atoms with Crippen molar-refractivity contribution in [2.75, 3.05) is 20.3 Å². The molecule has 2 aliphatic rings. The van der Waals surface area contributed by atoms with Gasteiger partial charge in [0, 0.05) is 17.9 Å². The van der Waals surface area contributed by atoms with Gasteiger partial charge in [-0.05, 0) is 24.6 Å². The van der Waals surface area contributed by atoms with E-state index in [1.165, 1.54) is 19.2 Å². The van der Waals surface area contributed by atoms with Crippen molar-refractivity contribution >= 4 is 11.9 Å². The highest BCUT2D eigenvalue weighted by molar-refractivity contribution is 5.90. The van der Waals surface area contributed by atoms with Crippen molar-refractivity contribution < 1.29 is 58.8 Å². The van der Waals surface area contributed by atoms with E-state index in [1.807, 2.05) is 0 Å². The molecular formula is C25H32O12. The van der Waals surface area contributed by atoms with Gasteiger partial charge < -0.3 is 49.2 Å². The van der Waals surface area contributed by atoms with Gasteiger partial charge in [-0.1, -0.05) is 18.2 Å². The maximum absolute atomic E-state index is 12.9. The fraction of sp³-hybridized carbons (Fsp3) is 0.520. The number of phenols is 1. The highest BCUT2D eigenvalue weighted by Gasteiger charge is 2.46. The Labute approximate surface area is 213 Å². The minimum absolute atomic E-state index is 0.0296. The third-order valence-electron chi connectivity index (χ3n) is 6.20. The van der Waals surface area contributed by atoms with Gasteiger partial charge in [-0.25, -0.2) is 4.79 Å². The van der Waals surface area contributed by atoms with Gasteiger partial charge in [-0.2, -0.15) is 0 Å². The van der Waals surface area contributed by atoms with Crippen LogP contribution in [0.5, 0.6) is 5.75 Å². The molecule has 12 heteroatoms. The predicted molar refractivity (Wildman–Crippen MR) is 124 cm³/mol. The fourth-order valence-corrected chi connectivity index (χ4v) is 4.06. The Morgan fingerprint density at radius 1 is 1.08 bits per heavy atom. The third kappa shape index (κ3) is 6.86. The first-order valence-electron chi connectivity index (χ1n) is 11.7. The molecule has 0 radical (unpaired) electrons. The molecule has 7 atom stereocenters. The van der Waals surface area contributed by atoms with E-state index in [-0.39, 0.29) is 24.4 Å². The molecule has 2 heterocycles. The largest absolute Gasteiger partial charge is 0.508 e. The first-order chi connectivity index (χ1) is 17.7. The maximum Gasteiger partial charge on any atom is 0.337 e. The Morgan fingerprint density at radius 2 is 1.78 bits per heavy atom. The monoisotopic (exact) mass is 524 g/mol. The summed E-state index contributed by atoms with van der Waals surface area (Å²) in [6, 6.07) is 6.44. The van der Waals surface area contributed by atoms with Gasteiger partial charge in [0.1, 0.15) is 30.2 Å². The van der Waals surface area contributed by atoms with Gasteiger partial charge in [-0.3, -0.25) is 4.79 Å². The Balaban J connectivity index is 1.75. The molecule has 1 aromatic rings. The van der Waals surface area contributed by atoms with Crippen molar-refractivity contribution in [3.05, 3.63) is 53.3 Å². The lowest BCUT2D eigenvalue weighted by Gasteiger charge is -2.41. The summed E-state index contributed by atoms with van der Waals surface area (Å²) in [6.45, 7) is 1.02. The first kappa shape index (κ1) is 28.6. The Morgan fingerprint density at radius 3 is 2.41 bits per heavy atom. The number of aromatic hydroxyl groups is 1. The molecule has 0 unspecified atom stereocenters. The Hall–Kier alpha value is -3.00. The van der Waals surface area contributed by atoms with E-state index in [0.29, 0.717) is 12.0 Å². The number of aliphatic hydroxyl groups excluding tert-OH is 4. The van der Waals surface area contributed by atoms with Crippen LogP contribution in [0.1, 0.15) is 18.9 Å². The van der Waals surface area contributed by atoms with Crippen molar-refractivity contribution in [3.63, 3.8) is 0 Å². The summed E-state index contributed by atoms with van der Waals surface area (Å²) >= 11 is 0. The lowest BCUT2D eigenvalue weighted by atomic mass is 9.86. The summed E-state index contributed by atoms with van der Waals surface area (Å²) in [4.78, 5) is 25.1. The van der Waals surface area contributed by atoms with Crippen LogP contribution < -0.4 is 0 Å². The van der Waals surface area contributed by atoms with Gasteiger partial charge >= 0.3 is 11.9 Å². The standard InChI is InChI=1S/C25H32O12/c1-3-15-16(10-19(28)33-2)17(23(32)34-9-8-13-4-6-14(27)7-5-13)12-35-24(15)37-25-22(31)21(30)20(29)18(11-26)36-25/h3-7,12,16,18,20-22,24-27,29-31H,8-11H2,1-2H3/t16-,18-,20-,21+,22-,24+,25+/m1/s1. The Kier molecular flexibility index (Phi) is 10.0. The minimum Gasteiger partial charge on any atom is -0.508 e. The molecule has 0 amide bonds. The number of hydrogen-bond acceptors (Lipinski definition) is 12. The van der Waals surface area contributed by atoms with Gasteiger partial charge in [-0.15, -0.1) is 0 Å². The van der Waals surface area contributed by atoms with Crippen LogP contribution in [-0.4, -0.2) is 94.8 Å². The van der Waals surface area contributed by atoms with E-state index in [1.54, 1.807) is 25.1 Å². The number of carbonyl (C=O) groups excluding carboxylic acids is 2. The van der Waals surface area contributed by atoms with E-state index in [9.17, 15) is 35.1 Å². The van der Waals surface area contributed by atoms with Gasteiger partial charge in [0.15, 0.2) is 6.29 Å². The number of rotatable bonds is 9. The normalized spacial score (nSPS) is 30.8. The van der Waals surface area contributed by atoms with E-state index < -0.39 is 61.5 Å². The van der Waals surface area contributed by atoms with Crippen molar-refractivity contribution in [2.45, 2.75) is 56.8 Å². The summed E-state index contributed by atoms with van der Waals surface area (Å²) in [6.07, 6.45) is -6.02. The molecule has 1 saturated heterocycles. The number of aliphatic hydroxyl groups is 4. The zero-order chi connectivity index (χ0) is 27.1. The zero-order valence-corrected chi connectivity index (χ0v) is 20.4. The number of ether oxygens (including phenoxy) is 5. The highest BCUT2D eigenvalue weighted by Crippen LogP contribution is 2.36. The Bertz CT molecular complexity index is 986. The SMILES string of the molecule is CC=C1[C@H](O[C@@H]2O[C@H](CO)[C@@H](O)[C@H](O)[C@H]2O)OC=C(C(=O)OCCc2ccc(O)cc2)[C@@H]1CC(=O)OC. The molecule has 0 aromatic heterocycles. The molecule has 12 nitrogen and oxygen atoms in total. The van der Waals surface area contributed by atoms with Crippen LogP contribution in [0, 0.1) is 5.92 Å². The number of allylic oxidation sites excluding steroid dienone is 1. The minimum atomic E-state index is -1.67. The van der Waals surface area contributed by atoms with Crippen LogP contribution in [-0.2, 0) is 39.7 Å². The maximum atomic E-state index is 12.9. The van der Waals surface area contributed by atoms with Crippen molar-refractivity contribution in [1.82, 2.24) is 0 Å². The van der Waals surface area contributed by atoms with E-state index >= 15 is 0 Å². The average molecular weight is 525 g/mol. The number of phenolic OH excluding ortho intramolecular Hbond substituents is 1. The van der Waals surface area contributed by atoms with Gasteiger partial charge in [0.05, 0.1) is 38.6 Å². The number of hydrogen-bond donors (Lipinski definition) is 5. The van der Waals surface area contributed by atoms with Crippen molar-refractivity contribution in [1.29, 1.82) is 0 Å². The van der Waals surface area contributed by atoms with E-state index in [4.69, 9.17) is 23.7 Å². The molecule has 0 aliphatic carbocycles. The van der Waals surface area contributed by atoms with Crippen molar-refractivity contribution in [2.24, 2.45) is 5.92 Å². The molecule has 1 aromatic carbocycles. The molecule has 204 valence electrons. The van der Waals surface area contributed by atoms with Crippen LogP contribution in [0.15, 0.2) is 47.7 Å². The molecule has 0 saturated carbocycles. The molecule has 3 rings (SSSR count). The lowest BCUT2D eigenvalue weighted by molar-refractivity contribution is -0.327. The van der Waals surface area contributed by atoms with Crippen LogP contribution >= 0.6 is 0 Å². The molecule has 5 N–H and O–H groups in total. The smallest absolute Gasteiger partial charge is 0.337 e. The zero-order valence-electron chi connectivity index (χ0n) is 20.4. The molecule has 37 heavy (non-hydrogen) atoms. The van der Waals surface area contributed by atoms with Gasteiger partial charge in [0.2, 0.25) is 6.29 Å². The summed E-state index contributed by atoms with van der Waals surface area (Å²) in [5, 5.41) is 49.1. The van der Waals surface area contributed by atoms with Gasteiger partial charge in [0.25, 0.3) is 0 Å². The molecular weight excluding hydrogens is 492 g/mol. The van der Waals surface area contributed by atoms with Crippen molar-refractivity contribution in [3.8, 4) is 5.75 Å². The second-order valence-electron chi connectivity index (χ2n) is 8.55. The second-order valence-corrected chi connectivity index (χ2v) is 8.55. The summed E-state index contributed by atoms with van der Waals surface area (Å²) in [7, 11) is 1.21. The molecule has 0 spiro atoms. The molecule has 1 fully saturated rings. The summed E-state index contributed by atoms with van der Waals surface area (Å²) in [5.74, 6) is -2.07. The van der Waals surface area contributed by atoms with Crippen LogP contribution in [0.3, 0.4) is 0 Å². The molecule has 0 bridgehead atoms. The van der Waals surface area contributed by atoms with Crippen LogP contribution in [0.4, 0.5) is 0 Å². The quantitative estimate of drug-likeness (QED) is 0.210. The van der Waals surface area contributed by atoms with E-state index in [0.717, 1.165) is 11.8 Å². The second kappa shape index (κ2) is 13.0. The number of carbonyl (C=O) groups is 2. The summed E-state index contributed by atoms with van der Waals surface area (Å²) in [5.41, 5.74) is 1.21. The third-order valence-corrected chi connectivity index (χ3v) is 6.20. The number of methoxy groups -OCH3 is 1. The lowest BCUT2D eigenvalue weighted by Crippen LogP contribution is -2.60. The average Bonchev–Trinajstić information content (AvgIpc) is 2.90.